The van der Waals surface area contributed by atoms with Gasteiger partial charge in [-0.2, -0.15) is 0 Å². The normalized spacial score (nSPS) is 16.4. The molecule has 1 fully saturated rings. The van der Waals surface area contributed by atoms with E-state index in [2.05, 4.69) is 5.32 Å². The quantitative estimate of drug-likeness (QED) is 0.775. The van der Waals surface area contributed by atoms with Gasteiger partial charge in [0.2, 0.25) is 10.0 Å². The average molecular weight is 395 g/mol. The van der Waals surface area contributed by atoms with Crippen molar-refractivity contribution in [3.8, 4) is 0 Å². The molecule has 1 saturated carbocycles. The number of benzene rings is 1. The summed E-state index contributed by atoms with van der Waals surface area (Å²) in [6.07, 6.45) is 8.19. The third-order valence-corrected chi connectivity index (χ3v) is 7.27. The number of thiophene rings is 1. The van der Waals surface area contributed by atoms with Gasteiger partial charge in [0.25, 0.3) is 5.91 Å². The van der Waals surface area contributed by atoms with Crippen molar-refractivity contribution in [2.75, 3.05) is 17.1 Å². The van der Waals surface area contributed by atoms with Crippen molar-refractivity contribution in [1.29, 1.82) is 0 Å². The summed E-state index contributed by atoms with van der Waals surface area (Å²) in [5.74, 6) is -0.0184. The smallest absolute Gasteiger partial charge is 0.261 e. The van der Waals surface area contributed by atoms with Gasteiger partial charge in [-0.3, -0.25) is 9.10 Å². The highest BCUT2D eigenvalue weighted by Crippen LogP contribution is 2.30. The predicted octanol–water partition coefficient (Wildman–Crippen LogP) is 4.14. The lowest BCUT2D eigenvalue weighted by Crippen LogP contribution is -2.33. The minimum Gasteiger partial charge on any atom is -0.349 e. The maximum Gasteiger partial charge on any atom is 0.261 e. The van der Waals surface area contributed by atoms with E-state index in [1.807, 2.05) is 25.1 Å². The van der Waals surface area contributed by atoms with E-state index in [-0.39, 0.29) is 11.9 Å². The van der Waals surface area contributed by atoms with Gasteiger partial charge in [-0.25, -0.2) is 8.42 Å². The van der Waals surface area contributed by atoms with E-state index in [4.69, 9.17) is 0 Å². The molecular weight excluding hydrogens is 368 g/mol. The lowest BCUT2D eigenvalue weighted by molar-refractivity contribution is 0.0937. The summed E-state index contributed by atoms with van der Waals surface area (Å²) < 4.78 is 26.2. The van der Waals surface area contributed by atoms with Crippen LogP contribution in [-0.2, 0) is 10.0 Å². The van der Waals surface area contributed by atoms with Gasteiger partial charge in [-0.05, 0) is 49.4 Å². The number of hydrogen-bond donors (Lipinski definition) is 1. The molecule has 0 radical (unpaired) electrons. The zero-order valence-corrected chi connectivity index (χ0v) is 17.0. The Hall–Kier alpha value is -1.60. The zero-order chi connectivity index (χ0) is 18.7. The van der Waals surface area contributed by atoms with E-state index in [1.54, 1.807) is 6.07 Å². The van der Waals surface area contributed by atoms with Crippen molar-refractivity contribution >= 4 is 43.0 Å². The third-order valence-electron chi connectivity index (χ3n) is 4.89. The number of nitrogens with zero attached hydrogens (tertiary/aromatic N) is 1. The van der Waals surface area contributed by atoms with Crippen LogP contribution >= 0.6 is 11.3 Å². The Kier molecular flexibility index (Phi) is 5.87. The highest BCUT2D eigenvalue weighted by Gasteiger charge is 2.19. The van der Waals surface area contributed by atoms with Crippen LogP contribution in [0.2, 0.25) is 0 Å². The average Bonchev–Trinajstić information content (AvgIpc) is 2.84. The van der Waals surface area contributed by atoms with Crippen LogP contribution in [0.25, 0.3) is 10.1 Å². The van der Waals surface area contributed by atoms with Crippen LogP contribution < -0.4 is 9.62 Å². The molecule has 0 aliphatic heterocycles. The largest absolute Gasteiger partial charge is 0.349 e. The molecule has 1 aromatic heterocycles. The number of carbonyl (C=O) groups excluding carboxylic acids is 1. The Morgan fingerprint density at radius 3 is 2.50 bits per heavy atom. The molecule has 0 atom stereocenters. The SMILES string of the molecule is CCN(c1ccc2sc(C(=O)NC3CCCCCC3)cc2c1)S(C)(=O)=O. The van der Waals surface area contributed by atoms with Gasteiger partial charge >= 0.3 is 0 Å². The van der Waals surface area contributed by atoms with Crippen LogP contribution in [0.4, 0.5) is 5.69 Å². The van der Waals surface area contributed by atoms with E-state index in [1.165, 1.54) is 47.6 Å². The molecule has 142 valence electrons. The first-order chi connectivity index (χ1) is 12.4. The minimum atomic E-state index is -3.31. The van der Waals surface area contributed by atoms with Gasteiger partial charge < -0.3 is 5.32 Å². The fourth-order valence-electron chi connectivity index (χ4n) is 3.59. The lowest BCUT2D eigenvalue weighted by atomic mass is 10.1. The van der Waals surface area contributed by atoms with Crippen molar-refractivity contribution in [3.05, 3.63) is 29.1 Å². The molecule has 0 unspecified atom stereocenters. The number of hydrogen-bond acceptors (Lipinski definition) is 4. The molecular formula is C19H26N2O3S2. The van der Waals surface area contributed by atoms with Gasteiger partial charge in [-0.15, -0.1) is 11.3 Å². The summed E-state index contributed by atoms with van der Waals surface area (Å²) in [6.45, 7) is 2.19. The van der Waals surface area contributed by atoms with Crippen LogP contribution in [0.5, 0.6) is 0 Å². The highest BCUT2D eigenvalue weighted by atomic mass is 32.2. The first-order valence-corrected chi connectivity index (χ1v) is 11.9. The van der Waals surface area contributed by atoms with Gasteiger partial charge in [-0.1, -0.05) is 25.7 Å². The van der Waals surface area contributed by atoms with Crippen LogP contribution in [0.1, 0.15) is 55.1 Å². The van der Waals surface area contributed by atoms with Gasteiger partial charge in [0, 0.05) is 17.3 Å². The summed E-state index contributed by atoms with van der Waals surface area (Å²) in [4.78, 5) is 13.3. The molecule has 5 nitrogen and oxygen atoms in total. The number of amides is 1. The molecule has 26 heavy (non-hydrogen) atoms. The topological polar surface area (TPSA) is 66.5 Å². The number of carbonyl (C=O) groups is 1. The molecule has 2 aromatic rings. The predicted molar refractivity (Wildman–Crippen MR) is 109 cm³/mol. The molecule has 0 bridgehead atoms. The van der Waals surface area contributed by atoms with Crippen LogP contribution in [0.15, 0.2) is 24.3 Å². The molecule has 3 rings (SSSR count). The fraction of sp³-hybridized carbons (Fsp3) is 0.526. The maximum atomic E-state index is 12.6. The van der Waals surface area contributed by atoms with E-state index in [0.717, 1.165) is 22.9 Å². The summed E-state index contributed by atoms with van der Waals surface area (Å²) in [5, 5.41) is 4.08. The number of anilines is 1. The summed E-state index contributed by atoms with van der Waals surface area (Å²) >= 11 is 1.45. The second kappa shape index (κ2) is 7.96. The number of nitrogens with one attached hydrogen (secondary N) is 1. The van der Waals surface area contributed by atoms with Gasteiger partial charge in [0.05, 0.1) is 16.8 Å². The highest BCUT2D eigenvalue weighted by molar-refractivity contribution is 7.92. The van der Waals surface area contributed by atoms with E-state index in [0.29, 0.717) is 17.1 Å². The molecule has 1 aliphatic carbocycles. The van der Waals surface area contributed by atoms with Crippen LogP contribution in [0, 0.1) is 0 Å². The molecule has 1 aliphatic rings. The van der Waals surface area contributed by atoms with Crippen molar-refractivity contribution in [2.24, 2.45) is 0 Å². The summed E-state index contributed by atoms with van der Waals surface area (Å²) in [6, 6.07) is 7.68. The first kappa shape index (κ1) is 19.2. The fourth-order valence-corrected chi connectivity index (χ4v) is 5.50. The standard InChI is InChI=1S/C19H26N2O3S2/c1-3-21(26(2,23)24)16-10-11-17-14(12-16)13-18(25-17)19(22)20-15-8-6-4-5-7-9-15/h10-13,15H,3-9H2,1-2H3,(H,20,22). The lowest BCUT2D eigenvalue weighted by Gasteiger charge is -2.20. The second-order valence-electron chi connectivity index (χ2n) is 6.92. The van der Waals surface area contributed by atoms with E-state index < -0.39 is 10.0 Å². The van der Waals surface area contributed by atoms with Crippen molar-refractivity contribution in [1.82, 2.24) is 5.32 Å². The van der Waals surface area contributed by atoms with Crippen LogP contribution in [0.3, 0.4) is 0 Å². The third kappa shape index (κ3) is 4.38. The Morgan fingerprint density at radius 1 is 1.19 bits per heavy atom. The maximum absolute atomic E-state index is 12.6. The monoisotopic (exact) mass is 394 g/mol. The molecule has 0 spiro atoms. The Morgan fingerprint density at radius 2 is 1.88 bits per heavy atom. The molecule has 1 heterocycles. The molecule has 7 heteroatoms. The summed E-state index contributed by atoms with van der Waals surface area (Å²) in [7, 11) is -3.31. The van der Waals surface area contributed by atoms with Gasteiger partial charge in [0.1, 0.15) is 0 Å². The van der Waals surface area contributed by atoms with E-state index >= 15 is 0 Å². The number of rotatable bonds is 5. The minimum absolute atomic E-state index is 0.0184. The van der Waals surface area contributed by atoms with Crippen molar-refractivity contribution in [2.45, 2.75) is 51.5 Å². The summed E-state index contributed by atoms with van der Waals surface area (Å²) in [5.41, 5.74) is 0.635. The van der Waals surface area contributed by atoms with Crippen molar-refractivity contribution in [3.63, 3.8) is 0 Å². The molecule has 1 aromatic carbocycles. The Balaban J connectivity index is 1.81. The second-order valence-corrected chi connectivity index (χ2v) is 9.91. The molecule has 1 N–H and O–H groups in total. The zero-order valence-electron chi connectivity index (χ0n) is 15.3. The van der Waals surface area contributed by atoms with Gasteiger partial charge in [0.15, 0.2) is 0 Å². The Bertz CT molecular complexity index is 881. The van der Waals surface area contributed by atoms with Crippen LogP contribution in [-0.4, -0.2) is 33.2 Å². The number of sulfonamides is 1. The Labute approximate surface area is 159 Å². The molecule has 1 amide bonds. The first-order valence-electron chi connectivity index (χ1n) is 9.20. The number of fused-ring (bicyclic) bond motifs is 1. The van der Waals surface area contributed by atoms with Crippen molar-refractivity contribution < 1.29 is 13.2 Å². The molecule has 0 saturated heterocycles. The van der Waals surface area contributed by atoms with E-state index in [9.17, 15) is 13.2 Å².